The number of benzene rings is 21. The van der Waals surface area contributed by atoms with Crippen molar-refractivity contribution in [2.24, 2.45) is 0 Å². The van der Waals surface area contributed by atoms with Gasteiger partial charge in [-0.25, -0.2) is 0 Å². The minimum absolute atomic E-state index is 0. The zero-order valence-corrected chi connectivity index (χ0v) is 71.3. The maximum absolute atomic E-state index is 3.89. The molecule has 0 atom stereocenters. The quantitative estimate of drug-likeness (QED) is 0.107. The fourth-order valence-electron chi connectivity index (χ4n) is 17.1. The van der Waals surface area contributed by atoms with Crippen molar-refractivity contribution in [3.8, 4) is 44.5 Å². The molecule has 0 fully saturated rings. The van der Waals surface area contributed by atoms with Crippen molar-refractivity contribution in [3.05, 3.63) is 462 Å². The van der Waals surface area contributed by atoms with Gasteiger partial charge in [-0.2, -0.15) is 0 Å². The minimum atomic E-state index is 0. The first-order chi connectivity index (χ1) is 57.4. The molecular weight excluding hydrogens is 1800 g/mol. The zero-order chi connectivity index (χ0) is 77.8. The van der Waals surface area contributed by atoms with E-state index in [1.165, 1.54) is 131 Å². The van der Waals surface area contributed by atoms with Crippen LogP contribution in [0, 0.1) is 0 Å². The van der Waals surface area contributed by atoms with Crippen molar-refractivity contribution < 1.29 is 21.1 Å². The number of hydrogen-bond donors (Lipinski definition) is 0. The van der Waals surface area contributed by atoms with E-state index in [-0.39, 0.29) is 28.5 Å². The molecule has 0 aliphatic heterocycles. The van der Waals surface area contributed by atoms with Gasteiger partial charge < -0.3 is 14.7 Å². The standard InChI is InChI=1S/C64H44N2.C28H16Br2.C18H14BrN.CH4.W/c1-5-25-47(26-6-1)65(48-27-7-2-8-28-48)51-33-21-23-45(43-51)61-53-35-13-17-39-57(53)63(58-40-18-14-36-54(58)61)64-59-41-19-15-37-55(59)62(56-38-16-20-42-60(56)64)46-24-22-34-52(44-46)66(49-29-9-3-10-30-49)50-31-11-4-12-32-50;29-27-21-13-5-1-9-17(21)25(18-10-2-6-14-22(18)27)26-19-11-3-7-15-23(19)28(30)24-16-8-4-12-20(24)26;19-15-8-7-13-18(14-15)20(16-9-3-1-4-10-16)17-11-5-2-6-12-17;;/h1-44H;1-16H;1-14H;1H4;. The number of nitrogens with zero attached hydrogens (tertiary/aromatic N) is 3. The van der Waals surface area contributed by atoms with Crippen LogP contribution in [0.4, 0.5) is 51.2 Å². The average Bonchev–Trinajstić information content (AvgIpc) is 0.694. The molecule has 0 unspecified atom stereocenters. The van der Waals surface area contributed by atoms with E-state index >= 15 is 0 Å². The van der Waals surface area contributed by atoms with Crippen molar-refractivity contribution in [2.75, 3.05) is 14.7 Å². The van der Waals surface area contributed by atoms with Crippen LogP contribution in [0.3, 0.4) is 0 Å². The fourth-order valence-corrected chi connectivity index (χ4v) is 18.9. The van der Waals surface area contributed by atoms with Crippen LogP contribution in [0.15, 0.2) is 462 Å². The van der Waals surface area contributed by atoms with Crippen LogP contribution < -0.4 is 14.7 Å². The molecule has 0 aromatic heterocycles. The second kappa shape index (κ2) is 35.0. The summed E-state index contributed by atoms with van der Waals surface area (Å²) in [6.07, 6.45) is 0. The molecule has 21 aromatic carbocycles. The SMILES string of the molecule is Brc1c2ccccc2c(-c2c3ccccc3c(Br)c3ccccc23)c2ccccc12.Brc1cccc(N(c2ccccc2)c2ccccc2)c1.C.[W].c1ccc(N(c2ccccc2)c2cccc(-c3c4ccccc4c(-c4c5ccccc5c(-c5cccc(N(c6ccccc6)c6ccccc6)c5)c5ccccc45)c4ccccc34)c2)cc1. The molecule has 0 saturated carbocycles. The Morgan fingerprint density at radius 1 is 0.144 bits per heavy atom. The van der Waals surface area contributed by atoms with Gasteiger partial charge in [-0.05, 0) is 278 Å². The predicted molar refractivity (Wildman–Crippen MR) is 515 cm³/mol. The molecule has 0 amide bonds. The Bertz CT molecular complexity index is 6480. The summed E-state index contributed by atoms with van der Waals surface area (Å²) in [6.45, 7) is 0. The first-order valence-corrected chi connectivity index (χ1v) is 41.5. The van der Waals surface area contributed by atoms with Gasteiger partial charge in [0.1, 0.15) is 0 Å². The normalized spacial score (nSPS) is 11.0. The molecule has 0 radical (unpaired) electrons. The van der Waals surface area contributed by atoms with E-state index in [4.69, 9.17) is 0 Å². The Hall–Kier alpha value is -12.8. The maximum atomic E-state index is 3.89. The number of halogens is 3. The van der Waals surface area contributed by atoms with Crippen LogP contribution >= 0.6 is 47.8 Å². The molecule has 0 aliphatic rings. The van der Waals surface area contributed by atoms with Gasteiger partial charge in [-0.1, -0.05) is 357 Å². The molecule has 3 nitrogen and oxygen atoms in total. The van der Waals surface area contributed by atoms with E-state index < -0.39 is 0 Å². The van der Waals surface area contributed by atoms with E-state index in [2.05, 4.69) is 493 Å². The third kappa shape index (κ3) is 14.9. The number of rotatable bonds is 13. The van der Waals surface area contributed by atoms with Crippen LogP contribution in [-0.2, 0) is 21.1 Å². The Morgan fingerprint density at radius 3 is 0.517 bits per heavy atom. The molecule has 0 aliphatic carbocycles. The van der Waals surface area contributed by atoms with Crippen LogP contribution in [0.5, 0.6) is 0 Å². The predicted octanol–water partition coefficient (Wildman–Crippen LogP) is 34.3. The summed E-state index contributed by atoms with van der Waals surface area (Å²) in [4.78, 5) is 6.93. The van der Waals surface area contributed by atoms with Gasteiger partial charge in [0.15, 0.2) is 0 Å². The molecule has 7 heteroatoms. The monoisotopic (exact) mass is 1870 g/mol. The molecule has 118 heavy (non-hydrogen) atoms. The molecule has 0 heterocycles. The van der Waals surface area contributed by atoms with E-state index in [0.29, 0.717) is 0 Å². The molecule has 564 valence electrons. The Kier molecular flexibility index (Phi) is 23.0. The van der Waals surface area contributed by atoms with Gasteiger partial charge >= 0.3 is 0 Å². The van der Waals surface area contributed by atoms with Gasteiger partial charge in [0.05, 0.1) is 0 Å². The van der Waals surface area contributed by atoms with Gasteiger partial charge in [0, 0.05) is 85.7 Å². The summed E-state index contributed by atoms with van der Waals surface area (Å²) in [6, 6.07) is 161. The first-order valence-electron chi connectivity index (χ1n) is 39.1. The van der Waals surface area contributed by atoms with Crippen molar-refractivity contribution in [1.82, 2.24) is 0 Å². The maximum Gasteiger partial charge on any atom is 0.0472 e. The molecule has 0 saturated heterocycles. The molecule has 21 rings (SSSR count). The minimum Gasteiger partial charge on any atom is -0.310 e. The van der Waals surface area contributed by atoms with Crippen molar-refractivity contribution in [2.45, 2.75) is 7.43 Å². The number of hydrogen-bond acceptors (Lipinski definition) is 3. The zero-order valence-electron chi connectivity index (χ0n) is 63.6. The van der Waals surface area contributed by atoms with E-state index in [9.17, 15) is 0 Å². The van der Waals surface area contributed by atoms with Crippen LogP contribution in [-0.4, -0.2) is 0 Å². The topological polar surface area (TPSA) is 9.72 Å². The van der Waals surface area contributed by atoms with Crippen LogP contribution in [0.2, 0.25) is 0 Å². The smallest absolute Gasteiger partial charge is 0.0472 e. The molecule has 0 bridgehead atoms. The summed E-state index contributed by atoms with van der Waals surface area (Å²) < 4.78 is 3.39. The van der Waals surface area contributed by atoms with Gasteiger partial charge in [-0.15, -0.1) is 0 Å². The summed E-state index contributed by atoms with van der Waals surface area (Å²) >= 11 is 11.3. The van der Waals surface area contributed by atoms with Crippen LogP contribution in [0.1, 0.15) is 7.43 Å². The molecule has 0 spiro atoms. The summed E-state index contributed by atoms with van der Waals surface area (Å²) in [5.41, 5.74) is 20.0. The van der Waals surface area contributed by atoms with Crippen LogP contribution in [0.25, 0.3) is 131 Å². The largest absolute Gasteiger partial charge is 0.310 e. The fraction of sp³-hybridized carbons (Fsp3) is 0.00901. The summed E-state index contributed by atoms with van der Waals surface area (Å²) in [5.74, 6) is 0. The van der Waals surface area contributed by atoms with E-state index in [1.54, 1.807) is 0 Å². The van der Waals surface area contributed by atoms with Gasteiger partial charge in [0.2, 0.25) is 0 Å². The van der Waals surface area contributed by atoms with Crippen molar-refractivity contribution >= 4 is 185 Å². The Morgan fingerprint density at radius 2 is 0.305 bits per heavy atom. The second-order valence-corrected chi connectivity index (χ2v) is 31.3. The second-order valence-electron chi connectivity index (χ2n) is 28.8. The number of para-hydroxylation sites is 6. The van der Waals surface area contributed by atoms with E-state index in [1.807, 2.05) is 18.2 Å². The Balaban J connectivity index is 0.000000157. The third-order valence-electron chi connectivity index (χ3n) is 22.0. The molecule has 21 aromatic rings. The molecule has 0 N–H and O–H groups in total. The Labute approximate surface area is 728 Å². The first kappa shape index (κ1) is 77.8. The molecular formula is C111H78Br3N3W. The summed E-state index contributed by atoms with van der Waals surface area (Å²) in [7, 11) is 0. The van der Waals surface area contributed by atoms with E-state index in [0.717, 1.165) is 64.6 Å². The average molecular weight is 1880 g/mol. The van der Waals surface area contributed by atoms with Crippen molar-refractivity contribution in [3.63, 3.8) is 0 Å². The van der Waals surface area contributed by atoms with Gasteiger partial charge in [0.25, 0.3) is 0 Å². The number of fused-ring (bicyclic) bond motifs is 8. The van der Waals surface area contributed by atoms with Gasteiger partial charge in [-0.3, -0.25) is 0 Å². The number of anilines is 9. The van der Waals surface area contributed by atoms with Crippen molar-refractivity contribution in [1.29, 1.82) is 0 Å². The third-order valence-corrected chi connectivity index (χ3v) is 24.2. The summed E-state index contributed by atoms with van der Waals surface area (Å²) in [5, 5.41) is 19.8.